The minimum atomic E-state index is -5.48. The van der Waals surface area contributed by atoms with Gasteiger partial charge in [-0.15, -0.1) is 0 Å². The lowest BCUT2D eigenvalue weighted by Gasteiger charge is -2.34. The van der Waals surface area contributed by atoms with Crippen molar-refractivity contribution < 1.29 is 36.2 Å². The topological polar surface area (TPSA) is 32.7 Å². The zero-order chi connectivity index (χ0) is 15.9. The summed E-state index contributed by atoms with van der Waals surface area (Å²) in [6.45, 7) is -0.200. The largest absolute Gasteiger partial charge is 0.423 e. The first kappa shape index (κ1) is 16.8. The molecule has 0 bridgehead atoms. The molecule has 0 aromatic carbocycles. The Kier molecular flexibility index (Phi) is 4.47. The highest BCUT2D eigenvalue weighted by molar-refractivity contribution is 5.04. The van der Waals surface area contributed by atoms with Crippen molar-refractivity contribution in [1.29, 1.82) is 0 Å². The Balaban J connectivity index is 1.99. The maximum absolute atomic E-state index is 12.4. The van der Waals surface area contributed by atoms with E-state index in [-0.39, 0.29) is 6.61 Å². The molecule has 2 aliphatic heterocycles. The van der Waals surface area contributed by atoms with Crippen molar-refractivity contribution in [3.05, 3.63) is 0 Å². The summed E-state index contributed by atoms with van der Waals surface area (Å²) >= 11 is 0. The number of rotatable bonds is 4. The fourth-order valence-corrected chi connectivity index (χ4v) is 3.39. The number of aliphatic hydroxyl groups is 1. The third-order valence-electron chi connectivity index (χ3n) is 4.38. The van der Waals surface area contributed by atoms with Crippen LogP contribution in [-0.4, -0.2) is 59.8 Å². The van der Waals surface area contributed by atoms with E-state index in [1.165, 1.54) is 0 Å². The molecular formula is C12H17F6NO2. The Labute approximate surface area is 117 Å². The molecule has 2 saturated heterocycles. The summed E-state index contributed by atoms with van der Waals surface area (Å²) in [4.78, 5) is 1.80. The Morgan fingerprint density at radius 2 is 1.76 bits per heavy atom. The van der Waals surface area contributed by atoms with Crippen LogP contribution in [0.1, 0.15) is 25.7 Å². The highest BCUT2D eigenvalue weighted by Gasteiger charge is 2.58. The summed E-state index contributed by atoms with van der Waals surface area (Å²) < 4.78 is 78.6. The Morgan fingerprint density at radius 3 is 2.29 bits per heavy atom. The number of ether oxygens (including phenoxy) is 1. The van der Waals surface area contributed by atoms with Crippen LogP contribution in [0.4, 0.5) is 26.3 Å². The lowest BCUT2D eigenvalue weighted by Crippen LogP contribution is -2.49. The molecule has 2 heterocycles. The summed E-state index contributed by atoms with van der Waals surface area (Å²) in [5.41, 5.74) is -0.486. The van der Waals surface area contributed by atoms with Crippen LogP contribution in [0.2, 0.25) is 0 Å². The predicted molar refractivity (Wildman–Crippen MR) is 60.6 cm³/mol. The minimum Gasteiger partial charge on any atom is -0.394 e. The second kappa shape index (κ2) is 5.58. The minimum absolute atomic E-state index is 0.133. The van der Waals surface area contributed by atoms with Crippen LogP contribution in [0.25, 0.3) is 0 Å². The van der Waals surface area contributed by atoms with Crippen LogP contribution in [-0.2, 0) is 4.74 Å². The molecule has 2 fully saturated rings. The van der Waals surface area contributed by atoms with Gasteiger partial charge in [0.2, 0.25) is 6.10 Å². The smallest absolute Gasteiger partial charge is 0.394 e. The number of fused-ring (bicyclic) bond motifs is 1. The van der Waals surface area contributed by atoms with Crippen LogP contribution in [0, 0.1) is 0 Å². The first-order valence-corrected chi connectivity index (χ1v) is 6.73. The number of aliphatic hydroxyl groups excluding tert-OH is 1. The average Bonchev–Trinajstić information content (AvgIpc) is 2.86. The van der Waals surface area contributed by atoms with E-state index < -0.39 is 36.6 Å². The summed E-state index contributed by atoms with van der Waals surface area (Å²) in [5, 5.41) is 9.44. The number of hydrogen-bond donors (Lipinski definition) is 1. The highest BCUT2D eigenvalue weighted by atomic mass is 19.4. The molecule has 0 aromatic rings. The molecule has 2 rings (SSSR count). The second-order valence-corrected chi connectivity index (χ2v) is 5.67. The Hall–Kier alpha value is -0.540. The lowest BCUT2D eigenvalue weighted by molar-refractivity contribution is -0.323. The third-order valence-corrected chi connectivity index (χ3v) is 4.38. The van der Waals surface area contributed by atoms with Gasteiger partial charge in [0.05, 0.1) is 13.2 Å². The van der Waals surface area contributed by atoms with Gasteiger partial charge in [-0.05, 0) is 32.2 Å². The maximum atomic E-state index is 12.4. The van der Waals surface area contributed by atoms with Gasteiger partial charge in [0.15, 0.2) is 0 Å². The Bertz CT molecular complexity index is 358. The second-order valence-electron chi connectivity index (χ2n) is 5.67. The van der Waals surface area contributed by atoms with E-state index in [2.05, 4.69) is 4.74 Å². The molecule has 0 radical (unpaired) electrons. The van der Waals surface area contributed by atoms with Gasteiger partial charge in [0.25, 0.3) is 0 Å². The summed E-state index contributed by atoms with van der Waals surface area (Å²) in [6.07, 6.45) is -12.2. The van der Waals surface area contributed by atoms with Crippen LogP contribution >= 0.6 is 0 Å². The molecule has 0 saturated carbocycles. The predicted octanol–water partition coefficient (Wildman–Crippen LogP) is 2.49. The van der Waals surface area contributed by atoms with E-state index in [0.717, 1.165) is 6.42 Å². The van der Waals surface area contributed by atoms with Crippen molar-refractivity contribution in [3.63, 3.8) is 0 Å². The molecule has 0 aliphatic carbocycles. The molecule has 1 N–H and O–H groups in total. The molecule has 0 unspecified atom stereocenters. The fraction of sp³-hybridized carbons (Fsp3) is 1.00. The van der Waals surface area contributed by atoms with Gasteiger partial charge in [-0.1, -0.05) is 0 Å². The van der Waals surface area contributed by atoms with Gasteiger partial charge in [-0.25, -0.2) is 0 Å². The summed E-state index contributed by atoms with van der Waals surface area (Å²) in [5.74, 6) is 0. The van der Waals surface area contributed by atoms with Gasteiger partial charge in [0.1, 0.15) is 0 Å². The summed E-state index contributed by atoms with van der Waals surface area (Å²) in [7, 11) is 0. The SMILES string of the molecule is OC[C@@]12CCCN1[C@H](COC(C(F)(F)F)C(F)(F)F)CC2. The first-order chi connectivity index (χ1) is 9.60. The van der Waals surface area contributed by atoms with E-state index in [1.54, 1.807) is 4.90 Å². The Morgan fingerprint density at radius 1 is 1.14 bits per heavy atom. The number of alkyl halides is 6. The monoisotopic (exact) mass is 321 g/mol. The lowest BCUT2D eigenvalue weighted by atomic mass is 9.95. The molecule has 2 aliphatic rings. The van der Waals surface area contributed by atoms with Crippen molar-refractivity contribution >= 4 is 0 Å². The van der Waals surface area contributed by atoms with Crippen molar-refractivity contribution in [1.82, 2.24) is 4.90 Å². The molecule has 9 heteroatoms. The first-order valence-electron chi connectivity index (χ1n) is 6.73. The van der Waals surface area contributed by atoms with Crippen LogP contribution in [0.5, 0.6) is 0 Å². The van der Waals surface area contributed by atoms with Crippen LogP contribution in [0.15, 0.2) is 0 Å². The van der Waals surface area contributed by atoms with Gasteiger partial charge >= 0.3 is 12.4 Å². The standard InChI is InChI=1S/C12H17F6NO2/c13-11(14,15)9(12(16,17)18)21-6-8-2-4-10(7-20)3-1-5-19(8)10/h8-9,20H,1-7H2/t8-,10-/m0/s1. The van der Waals surface area contributed by atoms with E-state index in [1.807, 2.05) is 0 Å². The molecule has 0 amide bonds. The normalized spacial score (nSPS) is 31.1. The quantitative estimate of drug-likeness (QED) is 0.808. The summed E-state index contributed by atoms with van der Waals surface area (Å²) in [6, 6.07) is -0.508. The van der Waals surface area contributed by atoms with Crippen molar-refractivity contribution in [2.45, 2.75) is 55.7 Å². The van der Waals surface area contributed by atoms with Gasteiger partial charge in [0, 0.05) is 11.6 Å². The molecular weight excluding hydrogens is 304 g/mol. The highest BCUT2D eigenvalue weighted by Crippen LogP contribution is 2.43. The van der Waals surface area contributed by atoms with Crippen molar-refractivity contribution in [2.24, 2.45) is 0 Å². The third kappa shape index (κ3) is 3.29. The number of nitrogens with zero attached hydrogens (tertiary/aromatic N) is 1. The van der Waals surface area contributed by atoms with Crippen LogP contribution in [0.3, 0.4) is 0 Å². The van der Waals surface area contributed by atoms with E-state index in [4.69, 9.17) is 0 Å². The van der Waals surface area contributed by atoms with Gasteiger partial charge < -0.3 is 9.84 Å². The number of halogens is 6. The number of hydrogen-bond acceptors (Lipinski definition) is 3. The maximum Gasteiger partial charge on any atom is 0.423 e. The molecule has 3 nitrogen and oxygen atoms in total. The van der Waals surface area contributed by atoms with Gasteiger partial charge in [-0.2, -0.15) is 26.3 Å². The molecule has 21 heavy (non-hydrogen) atoms. The van der Waals surface area contributed by atoms with E-state index in [0.29, 0.717) is 25.8 Å². The van der Waals surface area contributed by atoms with E-state index >= 15 is 0 Å². The zero-order valence-electron chi connectivity index (χ0n) is 11.2. The molecule has 2 atom stereocenters. The van der Waals surface area contributed by atoms with Gasteiger partial charge in [-0.3, -0.25) is 4.90 Å². The molecule has 0 spiro atoms. The van der Waals surface area contributed by atoms with E-state index in [9.17, 15) is 31.4 Å². The fourth-order valence-electron chi connectivity index (χ4n) is 3.39. The van der Waals surface area contributed by atoms with Crippen molar-refractivity contribution in [3.8, 4) is 0 Å². The molecule has 124 valence electrons. The van der Waals surface area contributed by atoms with Crippen LogP contribution < -0.4 is 0 Å². The average molecular weight is 321 g/mol. The zero-order valence-corrected chi connectivity index (χ0v) is 11.2. The molecule has 0 aromatic heterocycles. The van der Waals surface area contributed by atoms with Crippen molar-refractivity contribution in [2.75, 3.05) is 19.8 Å².